The molecule has 0 saturated heterocycles. The average Bonchev–Trinajstić information content (AvgIpc) is 3.55. The molecule has 1 aliphatic rings. The quantitative estimate of drug-likeness (QED) is 0.157. The van der Waals surface area contributed by atoms with Crippen molar-refractivity contribution in [3.05, 3.63) is 156 Å². The summed E-state index contributed by atoms with van der Waals surface area (Å²) in [4.78, 5) is 8.87. The van der Waals surface area contributed by atoms with Crippen LogP contribution in [-0.4, -0.2) is 9.97 Å². The maximum absolute atomic E-state index is 7.79. The van der Waals surface area contributed by atoms with E-state index < -0.39 is 6.85 Å². The SMILES string of the molecule is CC(C)(c1ccccc1)c1cccc2oc3c(-c4ccccn4)[c-]ccc3c12.[2H]C([2H])([2H])c1cnc(-c2[c-]cccc2)cc1CC1CCCCC1.[Ir]. The molecule has 1 saturated carbocycles. The van der Waals surface area contributed by atoms with Crippen LogP contribution in [0.1, 0.15) is 72.3 Å². The number of nitrogens with zero attached hydrogens (tertiary/aromatic N) is 2. The van der Waals surface area contributed by atoms with Gasteiger partial charge < -0.3 is 14.4 Å². The van der Waals surface area contributed by atoms with Crippen LogP contribution in [0, 0.1) is 24.9 Å². The van der Waals surface area contributed by atoms with E-state index in [0.29, 0.717) is 11.5 Å². The van der Waals surface area contributed by atoms with Crippen molar-refractivity contribution in [2.75, 3.05) is 0 Å². The molecule has 7 aromatic rings. The molecular formula is C45H42IrN2O-2. The molecular weight excluding hydrogens is 777 g/mol. The first kappa shape index (κ1) is 30.7. The minimum atomic E-state index is -2.10. The molecule has 1 aliphatic carbocycles. The summed E-state index contributed by atoms with van der Waals surface area (Å²) in [6.45, 7) is 2.44. The van der Waals surface area contributed by atoms with E-state index in [1.165, 1.54) is 43.2 Å². The fraction of sp³-hybridized carbons (Fsp3) is 0.244. The van der Waals surface area contributed by atoms with Crippen LogP contribution in [0.4, 0.5) is 0 Å². The Morgan fingerprint density at radius 3 is 2.39 bits per heavy atom. The van der Waals surface area contributed by atoms with Gasteiger partial charge in [-0.3, -0.25) is 0 Å². The molecule has 0 amide bonds. The second kappa shape index (κ2) is 15.5. The van der Waals surface area contributed by atoms with E-state index >= 15 is 0 Å². The maximum Gasteiger partial charge on any atom is 0.121 e. The summed E-state index contributed by atoms with van der Waals surface area (Å²) in [5.41, 5.74) is 8.95. The second-order valence-corrected chi connectivity index (χ2v) is 13.3. The van der Waals surface area contributed by atoms with E-state index in [4.69, 9.17) is 8.53 Å². The second-order valence-electron chi connectivity index (χ2n) is 13.3. The van der Waals surface area contributed by atoms with Crippen LogP contribution < -0.4 is 0 Å². The van der Waals surface area contributed by atoms with Crippen LogP contribution >= 0.6 is 0 Å². The van der Waals surface area contributed by atoms with Gasteiger partial charge in [-0.05, 0) is 59.4 Å². The molecule has 3 nitrogen and oxygen atoms in total. The molecule has 0 bridgehead atoms. The van der Waals surface area contributed by atoms with Gasteiger partial charge in [0.25, 0.3) is 0 Å². The topological polar surface area (TPSA) is 38.9 Å². The standard InChI is InChI=1S/C26H20NO.C19H22N.Ir/c1-26(2,18-10-4-3-5-11-18)21-14-9-16-23-24(21)20-13-8-12-19(25(20)28-23)22-15-6-7-17-27-22;1-15-14-20-19(17-10-6-3-7-11-17)13-18(15)12-16-8-4-2-5-9-16;/h3-11,13-17H,1-2H3;3,6-7,10,13-14,16H,2,4-5,8-9,12H2,1H3;/q2*-1;/i;1D3;. The zero-order valence-electron chi connectivity index (χ0n) is 31.0. The van der Waals surface area contributed by atoms with Gasteiger partial charge >= 0.3 is 0 Å². The molecule has 1 fully saturated rings. The molecule has 49 heavy (non-hydrogen) atoms. The molecule has 1 radical (unpaired) electrons. The number of aromatic nitrogens is 2. The summed E-state index contributed by atoms with van der Waals surface area (Å²) in [6.07, 6.45) is 10.4. The summed E-state index contributed by atoms with van der Waals surface area (Å²) >= 11 is 0. The van der Waals surface area contributed by atoms with Crippen molar-refractivity contribution >= 4 is 21.9 Å². The Balaban J connectivity index is 0.000000179. The summed E-state index contributed by atoms with van der Waals surface area (Å²) in [5, 5.41) is 2.27. The van der Waals surface area contributed by atoms with Crippen molar-refractivity contribution in [3.63, 3.8) is 0 Å². The van der Waals surface area contributed by atoms with Crippen molar-refractivity contribution in [3.8, 4) is 22.5 Å². The van der Waals surface area contributed by atoms with Gasteiger partial charge in [0.1, 0.15) is 5.58 Å². The molecule has 4 heteroatoms. The number of benzene rings is 4. The number of hydrogen-bond donors (Lipinski definition) is 0. The molecule has 0 N–H and O–H groups in total. The zero-order valence-corrected chi connectivity index (χ0v) is 30.4. The zero-order chi connectivity index (χ0) is 35.4. The Labute approximate surface area is 308 Å². The molecule has 3 aromatic heterocycles. The van der Waals surface area contributed by atoms with Gasteiger partial charge in [0, 0.05) is 47.4 Å². The number of hydrogen-bond acceptors (Lipinski definition) is 3. The maximum atomic E-state index is 7.79. The van der Waals surface area contributed by atoms with E-state index in [2.05, 4.69) is 84.5 Å². The molecule has 0 aliphatic heterocycles. The van der Waals surface area contributed by atoms with E-state index in [1.807, 2.05) is 60.7 Å². The van der Waals surface area contributed by atoms with Crippen molar-refractivity contribution in [1.82, 2.24) is 9.97 Å². The summed E-state index contributed by atoms with van der Waals surface area (Å²) in [6, 6.07) is 43.1. The van der Waals surface area contributed by atoms with Crippen LogP contribution in [0.2, 0.25) is 0 Å². The first-order valence-corrected chi connectivity index (χ1v) is 17.0. The molecule has 0 unspecified atom stereocenters. The first-order chi connectivity index (χ1) is 24.7. The number of pyridine rings is 2. The van der Waals surface area contributed by atoms with Crippen molar-refractivity contribution in [2.45, 2.75) is 64.6 Å². The van der Waals surface area contributed by atoms with Gasteiger partial charge in [0.2, 0.25) is 0 Å². The minimum absolute atomic E-state index is 0. The van der Waals surface area contributed by atoms with E-state index in [9.17, 15) is 0 Å². The van der Waals surface area contributed by atoms with Gasteiger partial charge in [0.05, 0.1) is 5.58 Å². The molecule has 8 rings (SSSR count). The van der Waals surface area contributed by atoms with E-state index in [0.717, 1.165) is 56.4 Å². The van der Waals surface area contributed by atoms with Crippen LogP contribution in [0.25, 0.3) is 44.5 Å². The minimum Gasteiger partial charge on any atom is -0.501 e. The molecule has 0 atom stereocenters. The fourth-order valence-corrected chi connectivity index (χ4v) is 7.09. The monoisotopic (exact) mass is 822 g/mol. The average molecular weight is 822 g/mol. The normalized spacial score (nSPS) is 14.6. The number of rotatable bonds is 6. The Morgan fingerprint density at radius 2 is 1.63 bits per heavy atom. The smallest absolute Gasteiger partial charge is 0.121 e. The third kappa shape index (κ3) is 7.47. The van der Waals surface area contributed by atoms with Crippen molar-refractivity contribution in [1.29, 1.82) is 0 Å². The van der Waals surface area contributed by atoms with Crippen molar-refractivity contribution in [2.24, 2.45) is 5.92 Å². The van der Waals surface area contributed by atoms with Gasteiger partial charge in [-0.25, -0.2) is 0 Å². The van der Waals surface area contributed by atoms with Crippen LogP contribution in [0.5, 0.6) is 0 Å². The number of aryl methyl sites for hydroxylation is 1. The number of furan rings is 1. The third-order valence-electron chi connectivity index (χ3n) is 9.75. The van der Waals surface area contributed by atoms with Crippen LogP contribution in [-0.2, 0) is 31.9 Å². The van der Waals surface area contributed by atoms with Gasteiger partial charge in [-0.2, -0.15) is 0 Å². The molecule has 249 valence electrons. The summed E-state index contributed by atoms with van der Waals surface area (Å²) in [5.74, 6) is 0.597. The third-order valence-corrected chi connectivity index (χ3v) is 9.75. The Hall–Kier alpha value is -4.37. The largest absolute Gasteiger partial charge is 0.501 e. The van der Waals surface area contributed by atoms with Crippen molar-refractivity contribution < 1.29 is 28.6 Å². The fourth-order valence-electron chi connectivity index (χ4n) is 7.09. The Morgan fingerprint density at radius 1 is 0.816 bits per heavy atom. The molecule has 0 spiro atoms. The van der Waals surface area contributed by atoms with E-state index in [1.54, 1.807) is 12.4 Å². The Kier molecular flexibility index (Phi) is 9.67. The first-order valence-electron chi connectivity index (χ1n) is 18.5. The molecule has 4 aromatic carbocycles. The van der Waals surface area contributed by atoms with Gasteiger partial charge in [0.15, 0.2) is 0 Å². The van der Waals surface area contributed by atoms with E-state index in [-0.39, 0.29) is 25.5 Å². The van der Waals surface area contributed by atoms with Gasteiger partial charge in [-0.1, -0.05) is 123 Å². The van der Waals surface area contributed by atoms with Crippen LogP contribution in [0.3, 0.4) is 0 Å². The van der Waals surface area contributed by atoms with Gasteiger partial charge in [-0.15, -0.1) is 54.1 Å². The summed E-state index contributed by atoms with van der Waals surface area (Å²) in [7, 11) is 0. The Bertz CT molecular complexity index is 2230. The molecule has 3 heterocycles. The summed E-state index contributed by atoms with van der Waals surface area (Å²) < 4.78 is 29.7. The number of fused-ring (bicyclic) bond motifs is 3. The predicted molar refractivity (Wildman–Crippen MR) is 198 cm³/mol. The van der Waals surface area contributed by atoms with Crippen LogP contribution in [0.15, 0.2) is 126 Å². The predicted octanol–water partition coefficient (Wildman–Crippen LogP) is 11.8.